The van der Waals surface area contributed by atoms with E-state index >= 15 is 0 Å². The van der Waals surface area contributed by atoms with E-state index in [9.17, 15) is 0 Å². The predicted molar refractivity (Wildman–Crippen MR) is 116 cm³/mol. The van der Waals surface area contributed by atoms with Crippen molar-refractivity contribution in [2.24, 2.45) is 13.0 Å². The van der Waals surface area contributed by atoms with Gasteiger partial charge in [0.05, 0.1) is 18.1 Å². The van der Waals surface area contributed by atoms with Crippen LogP contribution in [-0.4, -0.2) is 42.0 Å². The van der Waals surface area contributed by atoms with Crippen LogP contribution < -0.4 is 10.6 Å². The average molecular weight is 407 g/mol. The normalized spacial score (nSPS) is 21.6. The molecule has 2 fully saturated rings. The van der Waals surface area contributed by atoms with Crippen LogP contribution in [0.1, 0.15) is 49.8 Å². The zero-order valence-electron chi connectivity index (χ0n) is 17.5. The quantitative estimate of drug-likeness (QED) is 0.532. The maximum atomic E-state index is 4.83. The van der Waals surface area contributed by atoms with Gasteiger partial charge in [-0.3, -0.25) is 9.78 Å². The van der Waals surface area contributed by atoms with E-state index in [4.69, 9.17) is 4.98 Å². The first kappa shape index (κ1) is 19.2. The Balaban J connectivity index is 1.18. The molecular formula is C22H30N8. The van der Waals surface area contributed by atoms with Crippen LogP contribution in [0.15, 0.2) is 30.9 Å². The molecule has 0 aromatic carbocycles. The van der Waals surface area contributed by atoms with Gasteiger partial charge in [-0.1, -0.05) is 0 Å². The SMILES string of the molecule is Cn1ncc(-c2ccnc(NC3CCC(NCc4cn[nH]c4)CC3)n2)c1CC1CC1. The smallest absolute Gasteiger partial charge is 0.223 e. The molecule has 0 bridgehead atoms. The Bertz CT molecular complexity index is 951. The van der Waals surface area contributed by atoms with E-state index in [1.165, 1.54) is 24.1 Å². The van der Waals surface area contributed by atoms with Crippen molar-refractivity contribution in [2.45, 2.75) is 63.6 Å². The van der Waals surface area contributed by atoms with Crippen molar-refractivity contribution < 1.29 is 0 Å². The first-order valence-corrected chi connectivity index (χ1v) is 11.1. The second kappa shape index (κ2) is 8.55. The maximum Gasteiger partial charge on any atom is 0.223 e. The number of H-pyrrole nitrogens is 1. The molecule has 0 saturated heterocycles. The van der Waals surface area contributed by atoms with Crippen molar-refractivity contribution >= 4 is 5.95 Å². The number of hydrogen-bond donors (Lipinski definition) is 3. The minimum absolute atomic E-state index is 0.423. The summed E-state index contributed by atoms with van der Waals surface area (Å²) < 4.78 is 2.00. The van der Waals surface area contributed by atoms with Gasteiger partial charge < -0.3 is 10.6 Å². The van der Waals surface area contributed by atoms with E-state index in [-0.39, 0.29) is 0 Å². The Kier molecular flexibility index (Phi) is 5.48. The lowest BCUT2D eigenvalue weighted by Crippen LogP contribution is -2.36. The summed E-state index contributed by atoms with van der Waals surface area (Å²) in [6.07, 6.45) is 15.9. The summed E-state index contributed by atoms with van der Waals surface area (Å²) in [5, 5.41) is 18.6. The van der Waals surface area contributed by atoms with Gasteiger partial charge in [-0.25, -0.2) is 9.97 Å². The summed E-state index contributed by atoms with van der Waals surface area (Å²) in [5.41, 5.74) is 4.59. The zero-order valence-corrected chi connectivity index (χ0v) is 17.5. The third-order valence-corrected chi connectivity index (χ3v) is 6.38. The second-order valence-corrected chi connectivity index (χ2v) is 8.72. The van der Waals surface area contributed by atoms with E-state index in [1.54, 1.807) is 0 Å². The minimum Gasteiger partial charge on any atom is -0.351 e. The maximum absolute atomic E-state index is 4.83. The number of nitrogens with one attached hydrogen (secondary N) is 3. The number of rotatable bonds is 8. The van der Waals surface area contributed by atoms with Crippen LogP contribution in [0, 0.1) is 5.92 Å². The average Bonchev–Trinajstić information content (AvgIpc) is 3.29. The molecule has 0 unspecified atom stereocenters. The number of nitrogens with zero attached hydrogens (tertiary/aromatic N) is 5. The first-order valence-electron chi connectivity index (χ1n) is 11.1. The fourth-order valence-electron chi connectivity index (χ4n) is 4.35. The number of aromatic nitrogens is 6. The molecule has 30 heavy (non-hydrogen) atoms. The molecule has 2 aliphatic rings. The molecule has 3 aromatic rings. The van der Waals surface area contributed by atoms with E-state index < -0.39 is 0 Å². The fraction of sp³-hybridized carbons (Fsp3) is 0.545. The molecule has 3 aromatic heterocycles. The van der Waals surface area contributed by atoms with Gasteiger partial charge in [0.15, 0.2) is 0 Å². The van der Waals surface area contributed by atoms with Gasteiger partial charge in [0.25, 0.3) is 0 Å². The standard InChI is InChI=1S/C22H30N8/c1-30-21(10-15-2-3-15)19(14-27-30)20-8-9-23-22(29-20)28-18-6-4-17(5-7-18)24-11-16-12-25-26-13-16/h8-9,12-15,17-18,24H,2-7,10-11H2,1H3,(H,25,26)(H,23,28,29). The molecular weight excluding hydrogens is 376 g/mol. The molecule has 0 spiro atoms. The molecule has 3 heterocycles. The molecule has 2 saturated carbocycles. The van der Waals surface area contributed by atoms with Crippen LogP contribution in [0.25, 0.3) is 11.3 Å². The van der Waals surface area contributed by atoms with E-state index in [2.05, 4.69) is 30.9 Å². The molecule has 0 atom stereocenters. The predicted octanol–water partition coefficient (Wildman–Crippen LogP) is 3.07. The minimum atomic E-state index is 0.423. The van der Waals surface area contributed by atoms with Crippen molar-refractivity contribution in [3.8, 4) is 11.3 Å². The van der Waals surface area contributed by atoms with Crippen molar-refractivity contribution in [1.82, 2.24) is 35.3 Å². The highest BCUT2D eigenvalue weighted by molar-refractivity contribution is 5.62. The molecule has 0 radical (unpaired) electrons. The van der Waals surface area contributed by atoms with Gasteiger partial charge in [-0.05, 0) is 56.9 Å². The van der Waals surface area contributed by atoms with Crippen molar-refractivity contribution in [3.63, 3.8) is 0 Å². The van der Waals surface area contributed by atoms with Crippen molar-refractivity contribution in [1.29, 1.82) is 0 Å². The first-order chi connectivity index (χ1) is 14.7. The molecule has 3 N–H and O–H groups in total. The summed E-state index contributed by atoms with van der Waals surface area (Å²) in [6.45, 7) is 0.874. The Hall–Kier alpha value is -2.74. The van der Waals surface area contributed by atoms with Crippen LogP contribution in [0.2, 0.25) is 0 Å². The van der Waals surface area contributed by atoms with Crippen molar-refractivity contribution in [2.75, 3.05) is 5.32 Å². The molecule has 158 valence electrons. The summed E-state index contributed by atoms with van der Waals surface area (Å²) in [5.74, 6) is 1.54. The summed E-state index contributed by atoms with van der Waals surface area (Å²) in [4.78, 5) is 9.31. The van der Waals surface area contributed by atoms with Crippen LogP contribution in [0.3, 0.4) is 0 Å². The van der Waals surface area contributed by atoms with Gasteiger partial charge in [0.1, 0.15) is 0 Å². The van der Waals surface area contributed by atoms with Crippen LogP contribution in [-0.2, 0) is 20.0 Å². The van der Waals surface area contributed by atoms with Crippen LogP contribution in [0.5, 0.6) is 0 Å². The second-order valence-electron chi connectivity index (χ2n) is 8.72. The molecule has 2 aliphatic carbocycles. The summed E-state index contributed by atoms with van der Waals surface area (Å²) in [7, 11) is 2.03. The van der Waals surface area contributed by atoms with E-state index in [0.29, 0.717) is 12.1 Å². The summed E-state index contributed by atoms with van der Waals surface area (Å²) in [6, 6.07) is 2.98. The number of aryl methyl sites for hydroxylation is 1. The number of hydrogen-bond acceptors (Lipinski definition) is 6. The third-order valence-electron chi connectivity index (χ3n) is 6.38. The van der Waals surface area contributed by atoms with Crippen molar-refractivity contribution in [3.05, 3.63) is 42.1 Å². The fourth-order valence-corrected chi connectivity index (χ4v) is 4.35. The topological polar surface area (TPSA) is 96.3 Å². The van der Waals surface area contributed by atoms with Gasteiger partial charge in [0.2, 0.25) is 5.95 Å². The largest absolute Gasteiger partial charge is 0.351 e. The van der Waals surface area contributed by atoms with Crippen LogP contribution >= 0.6 is 0 Å². The Labute approximate surface area is 176 Å². The van der Waals surface area contributed by atoms with E-state index in [1.807, 2.05) is 42.6 Å². The number of anilines is 1. The zero-order chi connectivity index (χ0) is 20.3. The van der Waals surface area contributed by atoms with Gasteiger partial charge in [-0.2, -0.15) is 10.2 Å². The van der Waals surface area contributed by atoms with E-state index in [0.717, 1.165) is 61.8 Å². The lowest BCUT2D eigenvalue weighted by atomic mass is 9.91. The van der Waals surface area contributed by atoms with Gasteiger partial charge in [0, 0.05) is 54.9 Å². The molecule has 5 rings (SSSR count). The van der Waals surface area contributed by atoms with Gasteiger partial charge in [-0.15, -0.1) is 0 Å². The molecule has 8 nitrogen and oxygen atoms in total. The Morgan fingerprint density at radius 1 is 1.10 bits per heavy atom. The number of aromatic amines is 1. The highest BCUT2D eigenvalue weighted by Crippen LogP contribution is 2.35. The lowest BCUT2D eigenvalue weighted by Gasteiger charge is -2.29. The Morgan fingerprint density at radius 2 is 1.93 bits per heavy atom. The highest BCUT2D eigenvalue weighted by Gasteiger charge is 2.26. The lowest BCUT2D eigenvalue weighted by molar-refractivity contribution is 0.352. The molecule has 0 aliphatic heterocycles. The molecule has 0 amide bonds. The molecule has 8 heteroatoms. The highest BCUT2D eigenvalue weighted by atomic mass is 15.3. The third kappa shape index (κ3) is 4.53. The monoisotopic (exact) mass is 406 g/mol. The Morgan fingerprint density at radius 3 is 2.70 bits per heavy atom. The van der Waals surface area contributed by atoms with Crippen LogP contribution in [0.4, 0.5) is 5.95 Å². The van der Waals surface area contributed by atoms with Gasteiger partial charge >= 0.3 is 0 Å². The summed E-state index contributed by atoms with van der Waals surface area (Å²) >= 11 is 0.